The molecule has 0 aliphatic heterocycles. The predicted molar refractivity (Wildman–Crippen MR) is 80.2 cm³/mol. The van der Waals surface area contributed by atoms with E-state index in [2.05, 4.69) is 0 Å². The van der Waals surface area contributed by atoms with Gasteiger partial charge in [-0.05, 0) is 32.4 Å². The van der Waals surface area contributed by atoms with Crippen molar-refractivity contribution in [3.05, 3.63) is 36.4 Å². The maximum absolute atomic E-state index is 12.2. The van der Waals surface area contributed by atoms with Crippen molar-refractivity contribution in [1.82, 2.24) is 0 Å². The third-order valence-electron chi connectivity index (χ3n) is 3.70. The van der Waals surface area contributed by atoms with Gasteiger partial charge in [-0.1, -0.05) is 31.2 Å². The van der Waals surface area contributed by atoms with Crippen molar-refractivity contribution in [2.24, 2.45) is 5.41 Å². The molecule has 2 aromatic carbocycles. The third-order valence-corrected chi connectivity index (χ3v) is 3.70. The summed E-state index contributed by atoms with van der Waals surface area (Å²) in [6.45, 7) is 5.76. The molecule has 0 aromatic heterocycles. The maximum Gasteiger partial charge on any atom is 0.316 e. The van der Waals surface area contributed by atoms with Gasteiger partial charge in [0, 0.05) is 10.8 Å². The maximum atomic E-state index is 12.2. The minimum absolute atomic E-state index is 0.213. The summed E-state index contributed by atoms with van der Waals surface area (Å²) in [5.74, 6) is 1.14. The van der Waals surface area contributed by atoms with E-state index in [1.54, 1.807) is 13.2 Å². The molecule has 3 heteroatoms. The van der Waals surface area contributed by atoms with E-state index in [4.69, 9.17) is 9.47 Å². The summed E-state index contributed by atoms with van der Waals surface area (Å²) < 4.78 is 10.9. The van der Waals surface area contributed by atoms with Crippen LogP contribution >= 0.6 is 0 Å². The average molecular weight is 272 g/mol. The Morgan fingerprint density at radius 2 is 1.60 bits per heavy atom. The summed E-state index contributed by atoms with van der Waals surface area (Å²) in [5.41, 5.74) is -0.485. The first kappa shape index (κ1) is 14.4. The number of carbonyl (C=O) groups excluding carboxylic acids is 1. The lowest BCUT2D eigenvalue weighted by Gasteiger charge is -2.21. The van der Waals surface area contributed by atoms with E-state index in [9.17, 15) is 4.79 Å². The van der Waals surface area contributed by atoms with Crippen LogP contribution in [0.5, 0.6) is 11.5 Å². The van der Waals surface area contributed by atoms with Gasteiger partial charge in [0.25, 0.3) is 0 Å². The van der Waals surface area contributed by atoms with E-state index in [-0.39, 0.29) is 5.97 Å². The molecular formula is C17H20O3. The fraction of sp³-hybridized carbons (Fsp3) is 0.353. The highest BCUT2D eigenvalue weighted by Crippen LogP contribution is 2.34. The first-order chi connectivity index (χ1) is 9.49. The number of esters is 1. The van der Waals surface area contributed by atoms with E-state index >= 15 is 0 Å². The first-order valence-corrected chi connectivity index (χ1v) is 6.77. The number of carbonyl (C=O) groups is 1. The number of fused-ring (bicyclic) bond motifs is 1. The predicted octanol–water partition coefficient (Wildman–Crippen LogP) is 4.19. The normalized spacial score (nSPS) is 11.4. The SMILES string of the molecule is CCC(C)(C)C(=O)Oc1ccc(OC)c2ccccc12. The van der Waals surface area contributed by atoms with E-state index in [1.807, 2.05) is 51.1 Å². The Hall–Kier alpha value is -2.03. The Morgan fingerprint density at radius 3 is 2.15 bits per heavy atom. The van der Waals surface area contributed by atoms with Gasteiger partial charge in [0.2, 0.25) is 0 Å². The molecular weight excluding hydrogens is 252 g/mol. The van der Waals surface area contributed by atoms with Crippen molar-refractivity contribution in [1.29, 1.82) is 0 Å². The van der Waals surface area contributed by atoms with Crippen molar-refractivity contribution in [3.63, 3.8) is 0 Å². The number of hydrogen-bond donors (Lipinski definition) is 0. The minimum atomic E-state index is -0.485. The fourth-order valence-corrected chi connectivity index (χ4v) is 1.89. The highest BCUT2D eigenvalue weighted by molar-refractivity contribution is 5.95. The molecule has 3 nitrogen and oxygen atoms in total. The van der Waals surface area contributed by atoms with Gasteiger partial charge < -0.3 is 9.47 Å². The van der Waals surface area contributed by atoms with E-state index < -0.39 is 5.41 Å². The van der Waals surface area contributed by atoms with Crippen LogP contribution in [0.15, 0.2) is 36.4 Å². The quantitative estimate of drug-likeness (QED) is 0.618. The second kappa shape index (κ2) is 5.53. The zero-order chi connectivity index (χ0) is 14.8. The molecule has 2 aromatic rings. The lowest BCUT2D eigenvalue weighted by molar-refractivity contribution is -0.144. The Balaban J connectivity index is 2.44. The van der Waals surface area contributed by atoms with Crippen LogP contribution in [0.25, 0.3) is 10.8 Å². The van der Waals surface area contributed by atoms with Gasteiger partial charge in [-0.25, -0.2) is 0 Å². The number of benzene rings is 2. The standard InChI is InChI=1S/C17H20O3/c1-5-17(2,3)16(18)20-15-11-10-14(19-4)12-8-6-7-9-13(12)15/h6-11H,5H2,1-4H3. The van der Waals surface area contributed by atoms with E-state index in [0.29, 0.717) is 5.75 Å². The number of ether oxygens (including phenoxy) is 2. The molecule has 0 aliphatic carbocycles. The summed E-state index contributed by atoms with van der Waals surface area (Å²) in [5, 5.41) is 1.82. The molecule has 0 heterocycles. The van der Waals surface area contributed by atoms with Gasteiger partial charge in [0.15, 0.2) is 0 Å². The average Bonchev–Trinajstić information content (AvgIpc) is 2.47. The van der Waals surface area contributed by atoms with Crippen molar-refractivity contribution >= 4 is 16.7 Å². The third kappa shape index (κ3) is 2.62. The van der Waals surface area contributed by atoms with Gasteiger partial charge in [-0.15, -0.1) is 0 Å². The van der Waals surface area contributed by atoms with Crippen molar-refractivity contribution in [3.8, 4) is 11.5 Å². The summed E-state index contributed by atoms with van der Waals surface area (Å²) >= 11 is 0. The van der Waals surface area contributed by atoms with Crippen LogP contribution in [-0.4, -0.2) is 13.1 Å². The summed E-state index contributed by atoms with van der Waals surface area (Å²) in [7, 11) is 1.63. The van der Waals surface area contributed by atoms with Crippen molar-refractivity contribution in [2.45, 2.75) is 27.2 Å². The molecule has 0 radical (unpaired) electrons. The lowest BCUT2D eigenvalue weighted by Crippen LogP contribution is -2.28. The Morgan fingerprint density at radius 1 is 1.05 bits per heavy atom. The van der Waals surface area contributed by atoms with Crippen LogP contribution in [0.3, 0.4) is 0 Å². The van der Waals surface area contributed by atoms with Gasteiger partial charge in [0.05, 0.1) is 12.5 Å². The molecule has 0 saturated heterocycles. The molecule has 0 aliphatic rings. The molecule has 2 rings (SSSR count). The van der Waals surface area contributed by atoms with Crippen LogP contribution < -0.4 is 9.47 Å². The second-order valence-corrected chi connectivity index (χ2v) is 5.44. The number of rotatable bonds is 4. The molecule has 0 bridgehead atoms. The van der Waals surface area contributed by atoms with Gasteiger partial charge in [0.1, 0.15) is 11.5 Å². The summed E-state index contributed by atoms with van der Waals surface area (Å²) in [4.78, 5) is 12.2. The Labute approximate surface area is 119 Å². The Bertz CT molecular complexity index is 629. The lowest BCUT2D eigenvalue weighted by atomic mass is 9.90. The van der Waals surface area contributed by atoms with Gasteiger partial charge >= 0.3 is 5.97 Å². The minimum Gasteiger partial charge on any atom is -0.496 e. The fourth-order valence-electron chi connectivity index (χ4n) is 1.89. The molecule has 0 atom stereocenters. The molecule has 0 fully saturated rings. The van der Waals surface area contributed by atoms with Crippen molar-refractivity contribution in [2.75, 3.05) is 7.11 Å². The van der Waals surface area contributed by atoms with Crippen LogP contribution in [-0.2, 0) is 4.79 Å². The van der Waals surface area contributed by atoms with Gasteiger partial charge in [-0.2, -0.15) is 0 Å². The topological polar surface area (TPSA) is 35.5 Å². The smallest absolute Gasteiger partial charge is 0.316 e. The second-order valence-electron chi connectivity index (χ2n) is 5.44. The zero-order valence-corrected chi connectivity index (χ0v) is 12.4. The molecule has 0 saturated carbocycles. The summed E-state index contributed by atoms with van der Waals surface area (Å²) in [6, 6.07) is 11.3. The monoisotopic (exact) mass is 272 g/mol. The number of hydrogen-bond acceptors (Lipinski definition) is 3. The molecule has 106 valence electrons. The van der Waals surface area contributed by atoms with Crippen LogP contribution in [0.4, 0.5) is 0 Å². The molecule has 20 heavy (non-hydrogen) atoms. The molecule has 0 N–H and O–H groups in total. The van der Waals surface area contributed by atoms with Crippen LogP contribution in [0.2, 0.25) is 0 Å². The largest absolute Gasteiger partial charge is 0.496 e. The van der Waals surface area contributed by atoms with E-state index in [1.165, 1.54) is 0 Å². The van der Waals surface area contributed by atoms with Crippen LogP contribution in [0, 0.1) is 5.41 Å². The first-order valence-electron chi connectivity index (χ1n) is 6.77. The van der Waals surface area contributed by atoms with Crippen LogP contribution in [0.1, 0.15) is 27.2 Å². The summed E-state index contributed by atoms with van der Waals surface area (Å²) in [6.07, 6.45) is 0.736. The highest BCUT2D eigenvalue weighted by Gasteiger charge is 2.28. The molecule has 0 unspecified atom stereocenters. The van der Waals surface area contributed by atoms with E-state index in [0.717, 1.165) is 22.9 Å². The van der Waals surface area contributed by atoms with Crippen molar-refractivity contribution < 1.29 is 14.3 Å². The number of methoxy groups -OCH3 is 1. The molecule has 0 spiro atoms. The molecule has 0 amide bonds. The zero-order valence-electron chi connectivity index (χ0n) is 12.4. The Kier molecular flexibility index (Phi) is 3.98. The van der Waals surface area contributed by atoms with Gasteiger partial charge in [-0.3, -0.25) is 4.79 Å². The highest BCUT2D eigenvalue weighted by atomic mass is 16.5.